The van der Waals surface area contributed by atoms with Crippen molar-refractivity contribution < 1.29 is 9.15 Å². The smallest absolute Gasteiger partial charge is 0.339 e. The Labute approximate surface area is 171 Å². The molecule has 0 fully saturated rings. The molecule has 0 saturated carbocycles. The summed E-state index contributed by atoms with van der Waals surface area (Å²) in [6, 6.07) is 12.9. The van der Waals surface area contributed by atoms with Crippen molar-refractivity contribution >= 4 is 16.7 Å². The second-order valence-corrected chi connectivity index (χ2v) is 8.21. The minimum Gasteiger partial charge on any atom is -0.473 e. The lowest BCUT2D eigenvalue weighted by Crippen LogP contribution is -2.32. The van der Waals surface area contributed by atoms with E-state index < -0.39 is 0 Å². The number of nitrogens with zero attached hydrogens (tertiary/aromatic N) is 1. The lowest BCUT2D eigenvalue weighted by Gasteiger charge is -2.31. The highest BCUT2D eigenvalue weighted by Crippen LogP contribution is 2.36. The number of aryl methyl sites for hydroxylation is 2. The fraction of sp³-hybridized carbons (Fsp3) is 0.400. The number of benzene rings is 2. The van der Waals surface area contributed by atoms with Crippen molar-refractivity contribution in [1.82, 2.24) is 0 Å². The van der Waals surface area contributed by atoms with Gasteiger partial charge in [0.2, 0.25) is 0 Å². The maximum absolute atomic E-state index is 12.6. The van der Waals surface area contributed by atoms with E-state index in [-0.39, 0.29) is 5.63 Å². The zero-order valence-corrected chi connectivity index (χ0v) is 17.0. The molecule has 2 aliphatic rings. The largest absolute Gasteiger partial charge is 0.473 e. The van der Waals surface area contributed by atoms with Crippen LogP contribution in [-0.4, -0.2) is 6.73 Å². The second-order valence-electron chi connectivity index (χ2n) is 8.21. The van der Waals surface area contributed by atoms with Crippen molar-refractivity contribution in [3.63, 3.8) is 0 Å². The predicted molar refractivity (Wildman–Crippen MR) is 116 cm³/mol. The van der Waals surface area contributed by atoms with Gasteiger partial charge in [-0.15, -0.1) is 0 Å². The zero-order chi connectivity index (χ0) is 19.8. The number of unbranched alkanes of at least 4 members (excludes halogenated alkanes) is 1. The third-order valence-electron chi connectivity index (χ3n) is 6.30. The summed E-state index contributed by atoms with van der Waals surface area (Å²) in [5, 5.41) is 1.08. The fourth-order valence-corrected chi connectivity index (χ4v) is 4.64. The van der Waals surface area contributed by atoms with Gasteiger partial charge >= 0.3 is 5.63 Å². The fourth-order valence-electron chi connectivity index (χ4n) is 4.64. The van der Waals surface area contributed by atoms with E-state index in [4.69, 9.17) is 9.15 Å². The van der Waals surface area contributed by atoms with Gasteiger partial charge in [0, 0.05) is 16.6 Å². The molecule has 0 amide bonds. The number of ether oxygens (including phenoxy) is 1. The summed E-state index contributed by atoms with van der Waals surface area (Å²) >= 11 is 0. The Balaban J connectivity index is 1.50. The Morgan fingerprint density at radius 2 is 1.76 bits per heavy atom. The van der Waals surface area contributed by atoms with Crippen molar-refractivity contribution in [3.05, 3.63) is 69.1 Å². The number of hydrogen-bond donors (Lipinski definition) is 0. The van der Waals surface area contributed by atoms with Gasteiger partial charge in [0.05, 0.1) is 12.1 Å². The van der Waals surface area contributed by atoms with Gasteiger partial charge in [-0.3, -0.25) is 0 Å². The molecule has 150 valence electrons. The molecule has 0 N–H and O–H groups in total. The molecule has 3 aromatic rings. The molecule has 1 aromatic heterocycles. The van der Waals surface area contributed by atoms with Crippen LogP contribution in [0.3, 0.4) is 0 Å². The molecule has 4 heteroatoms. The molecule has 2 heterocycles. The minimum absolute atomic E-state index is 0.169. The highest BCUT2D eigenvalue weighted by Gasteiger charge is 2.25. The summed E-state index contributed by atoms with van der Waals surface area (Å²) in [5.41, 5.74) is 6.08. The summed E-state index contributed by atoms with van der Waals surface area (Å²) in [5.74, 6) is 0.826. The molecule has 5 rings (SSSR count). The van der Waals surface area contributed by atoms with Crippen LogP contribution in [-0.2, 0) is 25.8 Å². The first-order valence-corrected chi connectivity index (χ1v) is 10.8. The van der Waals surface area contributed by atoms with Crippen LogP contribution in [0.4, 0.5) is 5.69 Å². The van der Waals surface area contributed by atoms with Crippen LogP contribution in [0.25, 0.3) is 11.0 Å². The molecular weight excluding hydrogens is 362 g/mol. The second kappa shape index (κ2) is 7.58. The van der Waals surface area contributed by atoms with Crippen LogP contribution in [0, 0.1) is 0 Å². The average Bonchev–Trinajstić information content (AvgIpc) is 2.78. The number of anilines is 1. The molecule has 0 unspecified atom stereocenters. The Bertz CT molecular complexity index is 1100. The van der Waals surface area contributed by atoms with E-state index in [1.165, 1.54) is 24.0 Å². The Kier molecular flexibility index (Phi) is 4.78. The SMILES string of the molecule is CCCCc1ccc(N2COc3ccc4c5c(c(=O)oc4c3C2)CCCC5)cc1. The predicted octanol–water partition coefficient (Wildman–Crippen LogP) is 5.37. The Hall–Kier alpha value is -2.75. The van der Waals surface area contributed by atoms with Crippen molar-refractivity contribution in [2.24, 2.45) is 0 Å². The molecule has 29 heavy (non-hydrogen) atoms. The van der Waals surface area contributed by atoms with Crippen LogP contribution in [0.5, 0.6) is 5.75 Å². The van der Waals surface area contributed by atoms with Crippen LogP contribution in [0.2, 0.25) is 0 Å². The quantitative estimate of drug-likeness (QED) is 0.563. The Morgan fingerprint density at radius 3 is 2.55 bits per heavy atom. The molecule has 1 aliphatic carbocycles. The van der Waals surface area contributed by atoms with Crippen molar-refractivity contribution in [1.29, 1.82) is 0 Å². The molecule has 0 atom stereocenters. The van der Waals surface area contributed by atoms with E-state index in [1.54, 1.807) is 0 Å². The van der Waals surface area contributed by atoms with Crippen molar-refractivity contribution in [3.8, 4) is 5.75 Å². The first-order valence-electron chi connectivity index (χ1n) is 10.8. The maximum Gasteiger partial charge on any atom is 0.339 e. The summed E-state index contributed by atoms with van der Waals surface area (Å²) < 4.78 is 11.9. The van der Waals surface area contributed by atoms with E-state index in [2.05, 4.69) is 42.2 Å². The molecular formula is C25H27NO3. The summed E-state index contributed by atoms with van der Waals surface area (Å²) in [4.78, 5) is 14.8. The van der Waals surface area contributed by atoms with E-state index in [0.717, 1.165) is 60.1 Å². The van der Waals surface area contributed by atoms with Gasteiger partial charge in [0.25, 0.3) is 0 Å². The molecule has 4 nitrogen and oxygen atoms in total. The third kappa shape index (κ3) is 3.31. The van der Waals surface area contributed by atoms with Gasteiger partial charge < -0.3 is 14.1 Å². The van der Waals surface area contributed by atoms with Crippen molar-refractivity contribution in [2.45, 2.75) is 58.4 Å². The number of hydrogen-bond acceptors (Lipinski definition) is 4. The van der Waals surface area contributed by atoms with Crippen molar-refractivity contribution in [2.75, 3.05) is 11.6 Å². The molecule has 0 saturated heterocycles. The molecule has 1 aliphatic heterocycles. The highest BCUT2D eigenvalue weighted by molar-refractivity contribution is 5.86. The van der Waals surface area contributed by atoms with Gasteiger partial charge in [-0.1, -0.05) is 25.5 Å². The topological polar surface area (TPSA) is 42.7 Å². The third-order valence-corrected chi connectivity index (χ3v) is 6.30. The number of fused-ring (bicyclic) bond motifs is 5. The molecule has 0 spiro atoms. The van der Waals surface area contributed by atoms with E-state index in [1.807, 2.05) is 6.07 Å². The van der Waals surface area contributed by atoms with Crippen LogP contribution in [0.15, 0.2) is 45.6 Å². The van der Waals surface area contributed by atoms with E-state index in [0.29, 0.717) is 18.9 Å². The van der Waals surface area contributed by atoms with Gasteiger partial charge in [0.15, 0.2) is 6.73 Å². The van der Waals surface area contributed by atoms with Crippen LogP contribution < -0.4 is 15.3 Å². The highest BCUT2D eigenvalue weighted by atomic mass is 16.5. The summed E-state index contributed by atoms with van der Waals surface area (Å²) in [6.45, 7) is 3.40. The lowest BCUT2D eigenvalue weighted by molar-refractivity contribution is 0.289. The standard InChI is InChI=1S/C25H27NO3/c1-2-3-6-17-9-11-18(12-10-17)26-15-22-23(28-16-26)14-13-20-19-7-4-5-8-21(19)25(27)29-24(20)22/h9-14H,2-8,15-16H2,1H3. The van der Waals surface area contributed by atoms with Gasteiger partial charge in [-0.25, -0.2) is 4.79 Å². The van der Waals surface area contributed by atoms with E-state index in [9.17, 15) is 4.79 Å². The average molecular weight is 389 g/mol. The first-order chi connectivity index (χ1) is 14.2. The lowest BCUT2D eigenvalue weighted by atomic mass is 9.90. The molecule has 0 radical (unpaired) electrons. The van der Waals surface area contributed by atoms with Gasteiger partial charge in [-0.2, -0.15) is 0 Å². The van der Waals surface area contributed by atoms with Crippen LogP contribution in [0.1, 0.15) is 54.9 Å². The van der Waals surface area contributed by atoms with E-state index >= 15 is 0 Å². The van der Waals surface area contributed by atoms with Gasteiger partial charge in [-0.05, 0) is 73.9 Å². The monoisotopic (exact) mass is 389 g/mol. The summed E-state index contributed by atoms with van der Waals surface area (Å²) in [7, 11) is 0. The molecule has 0 bridgehead atoms. The van der Waals surface area contributed by atoms with Crippen LogP contribution >= 0.6 is 0 Å². The summed E-state index contributed by atoms with van der Waals surface area (Å²) in [6.07, 6.45) is 7.54. The normalized spacial score (nSPS) is 15.7. The zero-order valence-electron chi connectivity index (χ0n) is 17.0. The minimum atomic E-state index is -0.169. The first kappa shape index (κ1) is 18.3. The number of rotatable bonds is 4. The Morgan fingerprint density at radius 1 is 0.966 bits per heavy atom. The molecule has 2 aromatic carbocycles. The maximum atomic E-state index is 12.6. The van der Waals surface area contributed by atoms with Gasteiger partial charge in [0.1, 0.15) is 11.3 Å².